The number of nitrogens with one attached hydrogen (secondary N) is 2. The van der Waals surface area contributed by atoms with E-state index >= 15 is 0 Å². The Morgan fingerprint density at radius 3 is 2.71 bits per heavy atom. The zero-order chi connectivity index (χ0) is 20.1. The highest BCUT2D eigenvalue weighted by Crippen LogP contribution is 2.22. The van der Waals surface area contributed by atoms with E-state index in [0.29, 0.717) is 37.1 Å². The number of benzene rings is 1. The van der Waals surface area contributed by atoms with Crippen molar-refractivity contribution in [2.24, 2.45) is 5.92 Å². The molecule has 0 fully saturated rings. The van der Waals surface area contributed by atoms with Gasteiger partial charge in [-0.25, -0.2) is 4.98 Å². The van der Waals surface area contributed by atoms with E-state index in [9.17, 15) is 9.59 Å². The molecule has 1 aromatic heterocycles. The van der Waals surface area contributed by atoms with Gasteiger partial charge in [0, 0.05) is 25.2 Å². The molecule has 2 heterocycles. The van der Waals surface area contributed by atoms with Crippen LogP contribution in [0.25, 0.3) is 0 Å². The molecule has 2 amide bonds. The summed E-state index contributed by atoms with van der Waals surface area (Å²) in [6.45, 7) is 5.71. The number of methoxy groups -OCH3 is 1. The fourth-order valence-corrected chi connectivity index (χ4v) is 3.38. The Morgan fingerprint density at radius 2 is 1.96 bits per heavy atom. The summed E-state index contributed by atoms with van der Waals surface area (Å²) in [4.78, 5) is 29.8. The average Bonchev–Trinajstić information content (AvgIpc) is 3.10. The first-order valence-electron chi connectivity index (χ1n) is 9.79. The van der Waals surface area contributed by atoms with Crippen molar-refractivity contribution in [1.29, 1.82) is 0 Å². The molecule has 2 N–H and O–H groups in total. The van der Waals surface area contributed by atoms with Crippen molar-refractivity contribution in [3.63, 3.8) is 0 Å². The van der Waals surface area contributed by atoms with Crippen molar-refractivity contribution in [3.05, 3.63) is 47.0 Å². The minimum atomic E-state index is -0.281. The first-order valence-corrected chi connectivity index (χ1v) is 9.79. The maximum absolute atomic E-state index is 12.8. The molecular weight excluding hydrogens is 356 g/mol. The van der Waals surface area contributed by atoms with Gasteiger partial charge in [-0.05, 0) is 31.2 Å². The molecule has 2 aromatic rings. The largest absolute Gasteiger partial charge is 0.496 e. The molecule has 7 heteroatoms. The third-order valence-electron chi connectivity index (χ3n) is 4.84. The van der Waals surface area contributed by atoms with Crippen LogP contribution in [0.15, 0.2) is 24.3 Å². The third kappa shape index (κ3) is 4.35. The molecule has 0 atom stereocenters. The van der Waals surface area contributed by atoms with E-state index in [1.165, 1.54) is 0 Å². The predicted octanol–water partition coefficient (Wildman–Crippen LogP) is 2.54. The van der Waals surface area contributed by atoms with Crippen LogP contribution in [0.4, 0.5) is 0 Å². The number of hydrogen-bond acceptors (Lipinski definition) is 4. The number of ether oxygens (including phenoxy) is 1. The minimum absolute atomic E-state index is 0.205. The quantitative estimate of drug-likeness (QED) is 0.768. The SMILES string of the molecule is COc1ccccc1CNC(=O)c1nc(C(=O)NCC(C)C)c2n1CCCC2. The van der Waals surface area contributed by atoms with Gasteiger partial charge in [0.25, 0.3) is 11.8 Å². The van der Waals surface area contributed by atoms with Crippen molar-refractivity contribution < 1.29 is 14.3 Å². The maximum atomic E-state index is 12.8. The van der Waals surface area contributed by atoms with Gasteiger partial charge in [0.1, 0.15) is 11.4 Å². The lowest BCUT2D eigenvalue weighted by atomic mass is 10.1. The normalized spacial score (nSPS) is 13.1. The number of hydrogen-bond donors (Lipinski definition) is 2. The highest BCUT2D eigenvalue weighted by Gasteiger charge is 2.27. The second kappa shape index (κ2) is 8.91. The molecule has 1 aliphatic heterocycles. The number of fused-ring (bicyclic) bond motifs is 1. The summed E-state index contributed by atoms with van der Waals surface area (Å²) in [5, 5.41) is 5.82. The van der Waals surface area contributed by atoms with Gasteiger partial charge in [-0.1, -0.05) is 32.0 Å². The van der Waals surface area contributed by atoms with Crippen molar-refractivity contribution in [2.45, 2.75) is 46.2 Å². The topological polar surface area (TPSA) is 85.2 Å². The summed E-state index contributed by atoms with van der Waals surface area (Å²) < 4.78 is 7.22. The van der Waals surface area contributed by atoms with E-state index in [0.717, 1.165) is 36.3 Å². The molecule has 0 saturated heterocycles. The van der Waals surface area contributed by atoms with Gasteiger partial charge in [0.05, 0.1) is 12.8 Å². The van der Waals surface area contributed by atoms with Gasteiger partial charge < -0.3 is 19.9 Å². The number of imidazole rings is 1. The van der Waals surface area contributed by atoms with Crippen LogP contribution in [-0.2, 0) is 19.5 Å². The Hall–Kier alpha value is -2.83. The van der Waals surface area contributed by atoms with Crippen LogP contribution in [0.3, 0.4) is 0 Å². The van der Waals surface area contributed by atoms with Crippen LogP contribution in [-0.4, -0.2) is 35.0 Å². The number of aromatic nitrogens is 2. The van der Waals surface area contributed by atoms with Gasteiger partial charge in [-0.15, -0.1) is 0 Å². The fourth-order valence-electron chi connectivity index (χ4n) is 3.38. The van der Waals surface area contributed by atoms with Crippen LogP contribution >= 0.6 is 0 Å². The van der Waals surface area contributed by atoms with Crippen molar-refractivity contribution >= 4 is 11.8 Å². The number of carbonyl (C=O) groups excluding carboxylic acids is 2. The molecular formula is C21H28N4O3. The second-order valence-electron chi connectivity index (χ2n) is 7.44. The standard InChI is InChI=1S/C21H28N4O3/c1-14(2)12-22-20(26)18-16-9-6-7-11-25(16)19(24-18)21(27)23-13-15-8-4-5-10-17(15)28-3/h4-5,8,10,14H,6-7,9,11-13H2,1-3H3,(H,22,26)(H,23,27). The molecule has 0 radical (unpaired) electrons. The zero-order valence-corrected chi connectivity index (χ0v) is 16.7. The summed E-state index contributed by atoms with van der Waals surface area (Å²) >= 11 is 0. The Bertz CT molecular complexity index is 857. The summed E-state index contributed by atoms with van der Waals surface area (Å²) in [6, 6.07) is 7.55. The Labute approximate surface area is 165 Å². The number of rotatable bonds is 7. The van der Waals surface area contributed by atoms with Crippen LogP contribution in [0, 0.1) is 5.92 Å². The Kier molecular flexibility index (Phi) is 6.34. The number of nitrogens with zero attached hydrogens (tertiary/aromatic N) is 2. The molecule has 1 aliphatic rings. The molecule has 0 bridgehead atoms. The third-order valence-corrected chi connectivity index (χ3v) is 4.84. The molecule has 0 spiro atoms. The van der Waals surface area contributed by atoms with Crippen molar-refractivity contribution in [2.75, 3.05) is 13.7 Å². The van der Waals surface area contributed by atoms with Gasteiger partial charge in [0.15, 0.2) is 5.82 Å². The lowest BCUT2D eigenvalue weighted by molar-refractivity contribution is 0.0934. The molecule has 28 heavy (non-hydrogen) atoms. The van der Waals surface area contributed by atoms with E-state index in [1.807, 2.05) is 42.7 Å². The monoisotopic (exact) mass is 384 g/mol. The smallest absolute Gasteiger partial charge is 0.287 e. The van der Waals surface area contributed by atoms with Crippen LogP contribution < -0.4 is 15.4 Å². The van der Waals surface area contributed by atoms with E-state index in [1.54, 1.807) is 7.11 Å². The van der Waals surface area contributed by atoms with Crippen LogP contribution in [0.2, 0.25) is 0 Å². The highest BCUT2D eigenvalue weighted by atomic mass is 16.5. The zero-order valence-electron chi connectivity index (χ0n) is 16.7. The molecule has 7 nitrogen and oxygen atoms in total. The average molecular weight is 384 g/mol. The summed E-state index contributed by atoms with van der Waals surface area (Å²) in [6.07, 6.45) is 2.73. The van der Waals surface area contributed by atoms with E-state index in [2.05, 4.69) is 15.6 Å². The van der Waals surface area contributed by atoms with E-state index in [4.69, 9.17) is 4.74 Å². The number of amides is 2. The number of carbonyl (C=O) groups is 2. The molecule has 150 valence electrons. The molecule has 0 aliphatic carbocycles. The molecule has 3 rings (SSSR count). The van der Waals surface area contributed by atoms with Crippen LogP contribution in [0.1, 0.15) is 59.1 Å². The number of para-hydroxylation sites is 1. The lowest BCUT2D eigenvalue weighted by Crippen LogP contribution is -2.29. The van der Waals surface area contributed by atoms with Crippen molar-refractivity contribution in [1.82, 2.24) is 20.2 Å². The first kappa shape index (κ1) is 19.9. The fraction of sp³-hybridized carbons (Fsp3) is 0.476. The summed E-state index contributed by atoms with van der Waals surface area (Å²) in [5.41, 5.74) is 2.12. The Balaban J connectivity index is 1.79. The highest BCUT2D eigenvalue weighted by molar-refractivity contribution is 5.97. The second-order valence-corrected chi connectivity index (χ2v) is 7.44. The van der Waals surface area contributed by atoms with Gasteiger partial charge >= 0.3 is 0 Å². The first-order chi connectivity index (χ1) is 13.5. The molecule has 0 saturated carbocycles. The van der Waals surface area contributed by atoms with Gasteiger partial charge in [-0.3, -0.25) is 9.59 Å². The molecule has 1 aromatic carbocycles. The van der Waals surface area contributed by atoms with E-state index in [-0.39, 0.29) is 11.8 Å². The van der Waals surface area contributed by atoms with Crippen molar-refractivity contribution in [3.8, 4) is 5.75 Å². The lowest BCUT2D eigenvalue weighted by Gasteiger charge is -2.17. The minimum Gasteiger partial charge on any atom is -0.496 e. The summed E-state index contributed by atoms with van der Waals surface area (Å²) in [5.74, 6) is 0.895. The Morgan fingerprint density at radius 1 is 1.18 bits per heavy atom. The predicted molar refractivity (Wildman–Crippen MR) is 107 cm³/mol. The molecule has 0 unspecified atom stereocenters. The van der Waals surface area contributed by atoms with E-state index < -0.39 is 0 Å². The van der Waals surface area contributed by atoms with Crippen LogP contribution in [0.5, 0.6) is 5.75 Å². The maximum Gasteiger partial charge on any atom is 0.287 e. The summed E-state index contributed by atoms with van der Waals surface area (Å²) in [7, 11) is 1.60. The van der Waals surface area contributed by atoms with Gasteiger partial charge in [0.2, 0.25) is 0 Å². The van der Waals surface area contributed by atoms with Gasteiger partial charge in [-0.2, -0.15) is 0 Å².